The predicted molar refractivity (Wildman–Crippen MR) is 95.7 cm³/mol. The lowest BCUT2D eigenvalue weighted by molar-refractivity contribution is 0.102. The lowest BCUT2D eigenvalue weighted by Gasteiger charge is -2.08. The van der Waals surface area contributed by atoms with E-state index in [1.165, 1.54) is 12.8 Å². The third-order valence-electron chi connectivity index (χ3n) is 4.07. The van der Waals surface area contributed by atoms with Crippen LogP contribution in [-0.4, -0.2) is 10.9 Å². The Balaban J connectivity index is 1.54. The molecule has 1 saturated carbocycles. The summed E-state index contributed by atoms with van der Waals surface area (Å²) in [5, 5.41) is 4.96. The lowest BCUT2D eigenvalue weighted by Crippen LogP contribution is -2.12. The number of hydrogen-bond donors (Lipinski definition) is 1. The first kappa shape index (κ1) is 14.5. The van der Waals surface area contributed by atoms with Gasteiger partial charge in [-0.1, -0.05) is 24.0 Å². The molecule has 0 radical (unpaired) electrons. The normalized spacial score (nSPS) is 13.2. The number of nitrogens with one attached hydrogen (secondary N) is 1. The van der Waals surface area contributed by atoms with Crippen LogP contribution in [0.25, 0.3) is 10.8 Å². The first-order valence-corrected chi connectivity index (χ1v) is 8.05. The Hall–Kier alpha value is -3.12. The van der Waals surface area contributed by atoms with Crippen molar-refractivity contribution in [2.24, 2.45) is 5.92 Å². The number of aromatic nitrogens is 1. The molecule has 1 heterocycles. The Morgan fingerprint density at radius 3 is 2.71 bits per heavy atom. The Kier molecular flexibility index (Phi) is 3.72. The van der Waals surface area contributed by atoms with Gasteiger partial charge in [0.25, 0.3) is 5.91 Å². The third kappa shape index (κ3) is 3.13. The molecule has 1 aromatic heterocycles. The molecule has 0 aliphatic heterocycles. The molecule has 116 valence electrons. The van der Waals surface area contributed by atoms with Crippen LogP contribution in [0.15, 0.2) is 60.9 Å². The van der Waals surface area contributed by atoms with E-state index in [0.29, 0.717) is 11.5 Å². The van der Waals surface area contributed by atoms with Gasteiger partial charge < -0.3 is 5.32 Å². The van der Waals surface area contributed by atoms with Gasteiger partial charge in [0.15, 0.2) is 0 Å². The Labute approximate surface area is 140 Å². The first-order chi connectivity index (χ1) is 11.8. The SMILES string of the molecule is O=C(Nc1cccc2cnccc12)c1ccc(C#CC2CC2)cc1. The number of anilines is 1. The van der Waals surface area contributed by atoms with Crippen molar-refractivity contribution in [1.82, 2.24) is 4.98 Å². The fourth-order valence-corrected chi connectivity index (χ4v) is 2.54. The van der Waals surface area contributed by atoms with Gasteiger partial charge in [0.05, 0.1) is 0 Å². The number of carbonyl (C=O) groups is 1. The number of nitrogens with zero attached hydrogens (tertiary/aromatic N) is 1. The molecule has 0 bridgehead atoms. The maximum absolute atomic E-state index is 12.5. The Bertz CT molecular complexity index is 955. The molecule has 24 heavy (non-hydrogen) atoms. The van der Waals surface area contributed by atoms with E-state index < -0.39 is 0 Å². The van der Waals surface area contributed by atoms with Crippen LogP contribution in [0, 0.1) is 17.8 Å². The highest BCUT2D eigenvalue weighted by Crippen LogP contribution is 2.27. The molecule has 1 aliphatic carbocycles. The van der Waals surface area contributed by atoms with Crippen LogP contribution >= 0.6 is 0 Å². The summed E-state index contributed by atoms with van der Waals surface area (Å²) in [6.45, 7) is 0. The number of pyridine rings is 1. The molecule has 2 aromatic carbocycles. The fourth-order valence-electron chi connectivity index (χ4n) is 2.54. The smallest absolute Gasteiger partial charge is 0.255 e. The summed E-state index contributed by atoms with van der Waals surface area (Å²) < 4.78 is 0. The molecular formula is C21H16N2O. The second-order valence-corrected chi connectivity index (χ2v) is 5.98. The number of hydrogen-bond acceptors (Lipinski definition) is 2. The van der Waals surface area contributed by atoms with Crippen LogP contribution in [0.2, 0.25) is 0 Å². The fraction of sp³-hybridized carbons (Fsp3) is 0.143. The van der Waals surface area contributed by atoms with Crippen molar-refractivity contribution in [1.29, 1.82) is 0 Å². The molecule has 0 atom stereocenters. The summed E-state index contributed by atoms with van der Waals surface area (Å²) >= 11 is 0. The second-order valence-electron chi connectivity index (χ2n) is 5.98. The highest BCUT2D eigenvalue weighted by atomic mass is 16.1. The first-order valence-electron chi connectivity index (χ1n) is 8.05. The molecule has 0 saturated heterocycles. The van der Waals surface area contributed by atoms with Crippen LogP contribution in [0.5, 0.6) is 0 Å². The van der Waals surface area contributed by atoms with Gasteiger partial charge in [-0.05, 0) is 49.2 Å². The minimum Gasteiger partial charge on any atom is -0.321 e. The van der Waals surface area contributed by atoms with Gasteiger partial charge in [-0.2, -0.15) is 0 Å². The molecule has 1 aliphatic rings. The van der Waals surface area contributed by atoms with Crippen molar-refractivity contribution in [3.8, 4) is 11.8 Å². The number of benzene rings is 2. The number of amides is 1. The topological polar surface area (TPSA) is 42.0 Å². The minimum absolute atomic E-state index is 0.124. The summed E-state index contributed by atoms with van der Waals surface area (Å²) in [5.41, 5.74) is 2.37. The van der Waals surface area contributed by atoms with Crippen molar-refractivity contribution in [3.63, 3.8) is 0 Å². The average molecular weight is 312 g/mol. The molecule has 0 spiro atoms. The summed E-state index contributed by atoms with van der Waals surface area (Å²) in [7, 11) is 0. The van der Waals surface area contributed by atoms with E-state index in [1.807, 2.05) is 48.5 Å². The van der Waals surface area contributed by atoms with Gasteiger partial charge in [0.2, 0.25) is 0 Å². The van der Waals surface area contributed by atoms with Crippen molar-refractivity contribution < 1.29 is 4.79 Å². The molecule has 0 unspecified atom stereocenters. The van der Waals surface area contributed by atoms with Crippen molar-refractivity contribution in [3.05, 3.63) is 72.1 Å². The molecule has 3 heteroatoms. The van der Waals surface area contributed by atoms with Gasteiger partial charge >= 0.3 is 0 Å². The van der Waals surface area contributed by atoms with Crippen LogP contribution < -0.4 is 5.32 Å². The van der Waals surface area contributed by atoms with E-state index in [-0.39, 0.29) is 5.91 Å². The Morgan fingerprint density at radius 1 is 1.08 bits per heavy atom. The maximum Gasteiger partial charge on any atom is 0.255 e. The highest BCUT2D eigenvalue weighted by Gasteiger charge is 2.17. The van der Waals surface area contributed by atoms with Gasteiger partial charge in [-0.25, -0.2) is 0 Å². The zero-order chi connectivity index (χ0) is 16.4. The van der Waals surface area contributed by atoms with E-state index in [4.69, 9.17) is 0 Å². The molecular weight excluding hydrogens is 296 g/mol. The number of carbonyl (C=O) groups excluding carboxylic acids is 1. The summed E-state index contributed by atoms with van der Waals surface area (Å²) in [6, 6.07) is 15.1. The third-order valence-corrected chi connectivity index (χ3v) is 4.07. The van der Waals surface area contributed by atoms with E-state index in [2.05, 4.69) is 22.1 Å². The maximum atomic E-state index is 12.5. The minimum atomic E-state index is -0.124. The summed E-state index contributed by atoms with van der Waals surface area (Å²) in [4.78, 5) is 16.6. The van der Waals surface area contributed by atoms with Crippen LogP contribution in [0.3, 0.4) is 0 Å². The summed E-state index contributed by atoms with van der Waals surface area (Å²) in [5.74, 6) is 6.84. The Morgan fingerprint density at radius 2 is 1.92 bits per heavy atom. The molecule has 3 aromatic rings. The zero-order valence-electron chi connectivity index (χ0n) is 13.1. The van der Waals surface area contributed by atoms with E-state index >= 15 is 0 Å². The summed E-state index contributed by atoms with van der Waals surface area (Å²) in [6.07, 6.45) is 5.95. The predicted octanol–water partition coefficient (Wildman–Crippen LogP) is 4.25. The van der Waals surface area contributed by atoms with Gasteiger partial charge in [0.1, 0.15) is 0 Å². The lowest BCUT2D eigenvalue weighted by atomic mass is 10.1. The van der Waals surface area contributed by atoms with Gasteiger partial charge in [-0.3, -0.25) is 9.78 Å². The number of rotatable bonds is 2. The van der Waals surface area contributed by atoms with E-state index in [9.17, 15) is 4.79 Å². The molecule has 3 nitrogen and oxygen atoms in total. The van der Waals surface area contributed by atoms with Crippen LogP contribution in [0.4, 0.5) is 5.69 Å². The number of fused-ring (bicyclic) bond motifs is 1. The second kappa shape index (κ2) is 6.17. The van der Waals surface area contributed by atoms with Gasteiger partial charge in [0, 0.05) is 45.9 Å². The van der Waals surface area contributed by atoms with Crippen LogP contribution in [-0.2, 0) is 0 Å². The van der Waals surface area contributed by atoms with Gasteiger partial charge in [-0.15, -0.1) is 0 Å². The van der Waals surface area contributed by atoms with Crippen molar-refractivity contribution in [2.75, 3.05) is 5.32 Å². The standard InChI is InChI=1S/C21H16N2O/c24-21(17-10-8-16(9-11-17)7-6-15-4-5-15)23-20-3-1-2-18-14-22-13-12-19(18)20/h1-3,8-15H,4-5H2,(H,23,24). The van der Waals surface area contributed by atoms with Crippen molar-refractivity contribution >= 4 is 22.4 Å². The highest BCUT2D eigenvalue weighted by molar-refractivity contribution is 6.09. The molecule has 1 N–H and O–H groups in total. The van der Waals surface area contributed by atoms with E-state index in [1.54, 1.807) is 12.4 Å². The van der Waals surface area contributed by atoms with Crippen LogP contribution in [0.1, 0.15) is 28.8 Å². The quantitative estimate of drug-likeness (QED) is 0.719. The monoisotopic (exact) mass is 312 g/mol. The molecule has 1 amide bonds. The molecule has 4 rings (SSSR count). The average Bonchev–Trinajstić information content (AvgIpc) is 3.45. The van der Waals surface area contributed by atoms with Crippen molar-refractivity contribution in [2.45, 2.75) is 12.8 Å². The largest absolute Gasteiger partial charge is 0.321 e. The zero-order valence-corrected chi connectivity index (χ0v) is 13.1. The molecule has 1 fully saturated rings. The van der Waals surface area contributed by atoms with E-state index in [0.717, 1.165) is 22.0 Å².